The number of anilines is 1. The monoisotopic (exact) mass is 518 g/mol. The van der Waals surface area contributed by atoms with Gasteiger partial charge in [-0.2, -0.15) is 4.80 Å². The van der Waals surface area contributed by atoms with E-state index in [1.165, 1.54) is 29.4 Å². The van der Waals surface area contributed by atoms with E-state index in [0.717, 1.165) is 30.5 Å². The number of rotatable bonds is 9. The molecule has 1 N–H and O–H groups in total. The Morgan fingerprint density at radius 2 is 1.95 bits per heavy atom. The molecule has 1 aliphatic rings. The van der Waals surface area contributed by atoms with Gasteiger partial charge in [0, 0.05) is 17.3 Å². The lowest BCUT2D eigenvalue weighted by molar-refractivity contribution is -0.128. The van der Waals surface area contributed by atoms with E-state index in [9.17, 15) is 14.0 Å². The van der Waals surface area contributed by atoms with Gasteiger partial charge in [-0.3, -0.25) is 14.5 Å². The van der Waals surface area contributed by atoms with Crippen LogP contribution in [-0.4, -0.2) is 45.2 Å². The van der Waals surface area contributed by atoms with Gasteiger partial charge in [0.1, 0.15) is 23.9 Å². The summed E-state index contributed by atoms with van der Waals surface area (Å²) >= 11 is 0. The molecular formula is C27H27FN6O4. The third-order valence-electron chi connectivity index (χ3n) is 6.45. The number of nitrogens with zero attached hydrogens (tertiary/aromatic N) is 5. The second kappa shape index (κ2) is 11.2. The second-order valence-corrected chi connectivity index (χ2v) is 9.02. The normalized spacial score (nSPS) is 14.3. The Balaban J connectivity index is 1.45. The summed E-state index contributed by atoms with van der Waals surface area (Å²) in [7, 11) is 1.57. The van der Waals surface area contributed by atoms with Crippen molar-refractivity contribution in [2.24, 2.45) is 0 Å². The zero-order valence-electron chi connectivity index (χ0n) is 20.8. The Bertz CT molecular complexity index is 1380. The average Bonchev–Trinajstić information content (AvgIpc) is 3.71. The highest BCUT2D eigenvalue weighted by atomic mass is 19.1. The van der Waals surface area contributed by atoms with Crippen molar-refractivity contribution in [3.8, 4) is 17.1 Å². The number of carbonyl (C=O) groups is 2. The molecule has 2 aromatic heterocycles. The molecule has 0 aliphatic heterocycles. The van der Waals surface area contributed by atoms with Gasteiger partial charge in [-0.1, -0.05) is 18.9 Å². The second-order valence-electron chi connectivity index (χ2n) is 9.02. The Kier molecular flexibility index (Phi) is 7.43. The van der Waals surface area contributed by atoms with Crippen molar-refractivity contribution in [1.29, 1.82) is 0 Å². The van der Waals surface area contributed by atoms with Crippen LogP contribution in [0.1, 0.15) is 37.5 Å². The van der Waals surface area contributed by atoms with Gasteiger partial charge in [0.05, 0.1) is 13.4 Å². The number of aromatic nitrogens is 4. The summed E-state index contributed by atoms with van der Waals surface area (Å²) in [6.07, 6.45) is 5.21. The summed E-state index contributed by atoms with van der Waals surface area (Å²) in [4.78, 5) is 29.7. The number of nitrogens with one attached hydrogen (secondary N) is 1. The molecule has 2 aromatic carbocycles. The van der Waals surface area contributed by atoms with Crippen molar-refractivity contribution >= 4 is 17.5 Å². The Morgan fingerprint density at radius 1 is 1.16 bits per heavy atom. The Morgan fingerprint density at radius 3 is 2.63 bits per heavy atom. The maximum absolute atomic E-state index is 14.3. The van der Waals surface area contributed by atoms with Crippen molar-refractivity contribution in [3.05, 3.63) is 78.5 Å². The molecule has 11 heteroatoms. The third-order valence-corrected chi connectivity index (χ3v) is 6.45. The lowest BCUT2D eigenvalue weighted by atomic mass is 10.1. The van der Waals surface area contributed by atoms with E-state index in [1.807, 2.05) is 0 Å². The first-order valence-corrected chi connectivity index (χ1v) is 12.4. The molecule has 1 atom stereocenters. The molecule has 0 unspecified atom stereocenters. The summed E-state index contributed by atoms with van der Waals surface area (Å²) < 4.78 is 25.0. The van der Waals surface area contributed by atoms with Crippen molar-refractivity contribution in [2.75, 3.05) is 12.0 Å². The predicted octanol–water partition coefficient (Wildman–Crippen LogP) is 3.91. The smallest absolute Gasteiger partial charge is 0.251 e. The summed E-state index contributed by atoms with van der Waals surface area (Å²) in [6, 6.07) is 14.7. The number of tetrazole rings is 1. The first kappa shape index (κ1) is 25.1. The van der Waals surface area contributed by atoms with Gasteiger partial charge in [0.15, 0.2) is 6.04 Å². The summed E-state index contributed by atoms with van der Waals surface area (Å²) in [5, 5.41) is 15.4. The van der Waals surface area contributed by atoms with Gasteiger partial charge in [0.2, 0.25) is 5.82 Å². The van der Waals surface area contributed by atoms with E-state index in [1.54, 1.807) is 49.6 Å². The predicted molar refractivity (Wildman–Crippen MR) is 136 cm³/mol. The molecule has 196 valence electrons. The number of furan rings is 1. The van der Waals surface area contributed by atoms with Gasteiger partial charge in [-0.25, -0.2) is 4.39 Å². The van der Waals surface area contributed by atoms with Crippen LogP contribution in [0.15, 0.2) is 71.3 Å². The minimum absolute atomic E-state index is 0.00783. The van der Waals surface area contributed by atoms with Gasteiger partial charge >= 0.3 is 0 Å². The molecule has 1 aliphatic carbocycles. The maximum Gasteiger partial charge on any atom is 0.251 e. The lowest BCUT2D eigenvalue weighted by Gasteiger charge is -2.30. The lowest BCUT2D eigenvalue weighted by Crippen LogP contribution is -2.47. The fourth-order valence-corrected chi connectivity index (χ4v) is 4.60. The van der Waals surface area contributed by atoms with E-state index in [-0.39, 0.29) is 24.0 Å². The summed E-state index contributed by atoms with van der Waals surface area (Å²) in [5.74, 6) is -0.243. The van der Waals surface area contributed by atoms with Crippen LogP contribution in [0.2, 0.25) is 0 Å². The number of hydrogen-bond acceptors (Lipinski definition) is 7. The maximum atomic E-state index is 14.3. The zero-order valence-corrected chi connectivity index (χ0v) is 20.8. The highest BCUT2D eigenvalue weighted by Gasteiger charge is 2.36. The SMILES string of the molecule is COc1ccc(-c2nnn(CC(=O)N(c3cccc(F)c3)[C@H](C(=O)NC3CCCC3)c3ccco3)n2)cc1. The molecule has 0 spiro atoms. The summed E-state index contributed by atoms with van der Waals surface area (Å²) in [5.41, 5.74) is 0.893. The minimum atomic E-state index is -1.16. The van der Waals surface area contributed by atoms with Gasteiger partial charge < -0.3 is 14.5 Å². The molecule has 1 fully saturated rings. The fraction of sp³-hybridized carbons (Fsp3) is 0.296. The molecule has 0 bridgehead atoms. The molecule has 0 saturated heterocycles. The van der Waals surface area contributed by atoms with E-state index in [0.29, 0.717) is 17.1 Å². The van der Waals surface area contributed by atoms with E-state index in [2.05, 4.69) is 20.7 Å². The van der Waals surface area contributed by atoms with E-state index >= 15 is 0 Å². The largest absolute Gasteiger partial charge is 0.497 e. The van der Waals surface area contributed by atoms with Crippen LogP contribution in [0.5, 0.6) is 5.75 Å². The van der Waals surface area contributed by atoms with Crippen LogP contribution in [-0.2, 0) is 16.1 Å². The highest BCUT2D eigenvalue weighted by molar-refractivity contribution is 6.01. The quantitative estimate of drug-likeness (QED) is 0.357. The molecule has 2 amide bonds. The van der Waals surface area contributed by atoms with Crippen molar-refractivity contribution < 1.29 is 23.1 Å². The minimum Gasteiger partial charge on any atom is -0.497 e. The van der Waals surface area contributed by atoms with Gasteiger partial charge in [0.25, 0.3) is 11.8 Å². The number of amides is 2. The number of hydrogen-bond donors (Lipinski definition) is 1. The molecule has 5 rings (SSSR count). The number of benzene rings is 2. The number of ether oxygens (including phenoxy) is 1. The van der Waals surface area contributed by atoms with Crippen LogP contribution in [0.25, 0.3) is 11.4 Å². The third kappa shape index (κ3) is 5.56. The molecule has 2 heterocycles. The van der Waals surface area contributed by atoms with Crippen LogP contribution in [0, 0.1) is 5.82 Å². The number of carbonyl (C=O) groups excluding carboxylic acids is 2. The van der Waals surface area contributed by atoms with Crippen molar-refractivity contribution in [2.45, 2.75) is 44.3 Å². The standard InChI is InChI=1S/C27H27FN6O4/c1-37-22-13-11-18(12-14-22)26-30-32-33(31-26)17-24(35)34(21-9-4-6-19(28)16-21)25(23-10-5-15-38-23)27(36)29-20-7-2-3-8-20/h4-6,9-16,20,25H,2-3,7-8,17H2,1H3,(H,29,36)/t25-/m0/s1. The first-order valence-electron chi connectivity index (χ1n) is 12.4. The van der Waals surface area contributed by atoms with Crippen LogP contribution < -0.4 is 15.0 Å². The topological polar surface area (TPSA) is 115 Å². The highest BCUT2D eigenvalue weighted by Crippen LogP contribution is 2.30. The molecule has 0 radical (unpaired) electrons. The first-order chi connectivity index (χ1) is 18.5. The number of halogens is 1. The molecular weight excluding hydrogens is 491 g/mol. The number of methoxy groups -OCH3 is 1. The summed E-state index contributed by atoms with van der Waals surface area (Å²) in [6.45, 7) is -0.340. The fourth-order valence-electron chi connectivity index (χ4n) is 4.60. The van der Waals surface area contributed by atoms with Crippen molar-refractivity contribution in [1.82, 2.24) is 25.5 Å². The van der Waals surface area contributed by atoms with Crippen LogP contribution in [0.4, 0.5) is 10.1 Å². The van der Waals surface area contributed by atoms with Crippen LogP contribution in [0.3, 0.4) is 0 Å². The molecule has 10 nitrogen and oxygen atoms in total. The Hall–Kier alpha value is -4.54. The Labute approximate surface area is 218 Å². The van der Waals surface area contributed by atoms with Gasteiger partial charge in [-0.05, 0) is 72.7 Å². The average molecular weight is 519 g/mol. The van der Waals surface area contributed by atoms with Gasteiger partial charge in [-0.15, -0.1) is 10.2 Å². The molecule has 38 heavy (non-hydrogen) atoms. The zero-order chi connectivity index (χ0) is 26.5. The van der Waals surface area contributed by atoms with E-state index < -0.39 is 23.7 Å². The van der Waals surface area contributed by atoms with E-state index in [4.69, 9.17) is 9.15 Å². The van der Waals surface area contributed by atoms with Crippen LogP contribution >= 0.6 is 0 Å². The molecule has 4 aromatic rings. The van der Waals surface area contributed by atoms with Crippen molar-refractivity contribution in [3.63, 3.8) is 0 Å². The molecule has 1 saturated carbocycles.